The van der Waals surface area contributed by atoms with E-state index in [-0.39, 0.29) is 11.1 Å². The molecule has 0 aliphatic rings. The first-order valence-corrected chi connectivity index (χ1v) is 17.9. The van der Waals surface area contributed by atoms with Crippen molar-refractivity contribution in [3.63, 3.8) is 0 Å². The Labute approximate surface area is 304 Å². The van der Waals surface area contributed by atoms with Gasteiger partial charge in [-0.3, -0.25) is 0 Å². The number of thiazole rings is 1. The largest absolute Gasteiger partial charge is 0.488 e. The Morgan fingerprint density at radius 2 is 1.66 bits per heavy atom. The molecule has 0 radical (unpaired) electrons. The molecule has 4 aromatic rings. The maximum Gasteiger partial charge on any atom is 0.408 e. The van der Waals surface area contributed by atoms with Crippen LogP contribution < -0.4 is 15.4 Å². The van der Waals surface area contributed by atoms with Gasteiger partial charge in [-0.15, -0.1) is 11.3 Å². The lowest BCUT2D eigenvalue weighted by Gasteiger charge is -2.33. The third kappa shape index (κ3) is 9.24. The maximum atomic E-state index is 12.5. The fourth-order valence-corrected chi connectivity index (χ4v) is 6.59. The number of nitriles is 2. The average Bonchev–Trinajstić information content (AvgIpc) is 3.54. The Morgan fingerprint density at radius 3 is 2.24 bits per heavy atom. The number of benzene rings is 2. The minimum absolute atomic E-state index is 0.222. The van der Waals surface area contributed by atoms with Gasteiger partial charge >= 0.3 is 12.1 Å². The minimum atomic E-state index is -1.83. The first-order chi connectivity index (χ1) is 23.7. The molecule has 50 heavy (non-hydrogen) atoms. The summed E-state index contributed by atoms with van der Waals surface area (Å²) in [6, 6.07) is 18.6. The van der Waals surface area contributed by atoms with Crippen LogP contribution in [0.2, 0.25) is 5.02 Å². The van der Waals surface area contributed by atoms with Crippen LogP contribution in [-0.2, 0) is 15.3 Å². The van der Waals surface area contributed by atoms with Crippen molar-refractivity contribution in [2.24, 2.45) is 0 Å². The molecular weight excluding hydrogens is 696 g/mol. The Hall–Kier alpha value is -4.82. The highest BCUT2D eigenvalue weighted by atomic mass is 35.5. The molecule has 2 heterocycles. The standard InChI is InChI=1S/C36H37ClN6O5S2/c1-7-16-40-30-27(17-38)29(28(18-39)32(42-30)50-20-25-19-49-31(41-25)23-8-12-24(37)13-9-23)22-10-14-26(15-11-22)47-21(2)36(6,33(44)45)43-34(46)48-35(3,4)5/h8-15,19,21H,7,16,20H2,1-6H3,(H,40,42)(H,43,46)(H,44,45)/t21?,36-/m1/s1. The lowest BCUT2D eigenvalue weighted by atomic mass is 9.95. The quantitative estimate of drug-likeness (QED) is 0.113. The number of hydrogen-bond donors (Lipinski definition) is 3. The summed E-state index contributed by atoms with van der Waals surface area (Å²) in [5.74, 6) is -0.193. The van der Waals surface area contributed by atoms with Crippen LogP contribution in [0.25, 0.3) is 21.7 Å². The van der Waals surface area contributed by atoms with E-state index in [4.69, 9.17) is 31.0 Å². The van der Waals surface area contributed by atoms with E-state index in [9.17, 15) is 25.2 Å². The molecule has 14 heteroatoms. The molecule has 3 N–H and O–H groups in total. The van der Waals surface area contributed by atoms with Crippen molar-refractivity contribution in [3.05, 3.63) is 75.8 Å². The van der Waals surface area contributed by atoms with E-state index >= 15 is 0 Å². The molecule has 11 nitrogen and oxygen atoms in total. The van der Waals surface area contributed by atoms with Crippen molar-refractivity contribution in [2.75, 3.05) is 11.9 Å². The summed E-state index contributed by atoms with van der Waals surface area (Å²) in [6.45, 7) is 10.5. The zero-order valence-electron chi connectivity index (χ0n) is 28.5. The summed E-state index contributed by atoms with van der Waals surface area (Å²) < 4.78 is 11.2. The van der Waals surface area contributed by atoms with E-state index in [0.29, 0.717) is 45.0 Å². The second-order valence-corrected chi connectivity index (χ2v) is 14.7. The normalized spacial score (nSPS) is 12.9. The topological polar surface area (TPSA) is 170 Å². The van der Waals surface area contributed by atoms with Gasteiger partial charge in [0.2, 0.25) is 0 Å². The molecule has 2 atom stereocenters. The van der Waals surface area contributed by atoms with Crippen LogP contribution in [0.3, 0.4) is 0 Å². The molecule has 1 unspecified atom stereocenters. The summed E-state index contributed by atoms with van der Waals surface area (Å²) in [5.41, 5.74) is 0.548. The van der Waals surface area contributed by atoms with Crippen molar-refractivity contribution in [2.45, 2.75) is 76.0 Å². The number of amides is 1. The van der Waals surface area contributed by atoms with Crippen LogP contribution in [0.1, 0.15) is 64.8 Å². The number of nitrogens with one attached hydrogen (secondary N) is 2. The third-order valence-electron chi connectivity index (χ3n) is 7.40. The molecule has 260 valence electrons. The summed E-state index contributed by atoms with van der Waals surface area (Å²) in [5, 5.41) is 40.2. The molecule has 0 saturated carbocycles. The Kier molecular flexibility index (Phi) is 12.4. The molecule has 0 spiro atoms. The SMILES string of the molecule is CCCNc1nc(SCc2csc(-c3ccc(Cl)cc3)n2)c(C#N)c(-c2ccc(OC(C)[C@@](C)(NC(=O)OC(C)(C)C)C(=O)O)cc2)c1C#N. The van der Waals surface area contributed by atoms with Gasteiger partial charge in [0, 0.05) is 33.8 Å². The predicted octanol–water partition coefficient (Wildman–Crippen LogP) is 8.52. The number of carbonyl (C=O) groups is 2. The summed E-state index contributed by atoms with van der Waals surface area (Å²) >= 11 is 8.90. The van der Waals surface area contributed by atoms with Gasteiger partial charge in [-0.2, -0.15) is 10.5 Å². The van der Waals surface area contributed by atoms with Crippen molar-refractivity contribution in [3.8, 4) is 39.6 Å². The molecule has 0 fully saturated rings. The van der Waals surface area contributed by atoms with E-state index < -0.39 is 29.3 Å². The number of pyridine rings is 1. The summed E-state index contributed by atoms with van der Waals surface area (Å²) in [6.07, 6.45) is -1.13. The Balaban J connectivity index is 1.64. The van der Waals surface area contributed by atoms with Crippen LogP contribution in [0.4, 0.5) is 10.6 Å². The lowest BCUT2D eigenvalue weighted by Crippen LogP contribution is -2.61. The average molecular weight is 733 g/mol. The first-order valence-electron chi connectivity index (χ1n) is 15.7. The van der Waals surface area contributed by atoms with Gasteiger partial charge in [-0.05, 0) is 70.9 Å². The van der Waals surface area contributed by atoms with Crippen LogP contribution >= 0.6 is 34.7 Å². The van der Waals surface area contributed by atoms with Gasteiger partial charge in [0.25, 0.3) is 0 Å². The van der Waals surface area contributed by atoms with Crippen LogP contribution in [-0.4, -0.2) is 50.9 Å². The van der Waals surface area contributed by atoms with Gasteiger partial charge in [-0.1, -0.05) is 54.6 Å². The zero-order chi connectivity index (χ0) is 36.6. The molecule has 0 aliphatic heterocycles. The number of hydrogen-bond acceptors (Lipinski definition) is 11. The fraction of sp³-hybridized carbons (Fsp3) is 0.333. The van der Waals surface area contributed by atoms with E-state index in [0.717, 1.165) is 22.7 Å². The number of aromatic nitrogens is 2. The monoisotopic (exact) mass is 732 g/mol. The molecule has 0 bridgehead atoms. The second kappa shape index (κ2) is 16.3. The molecule has 0 aliphatic carbocycles. The number of aliphatic carboxylic acids is 1. The Morgan fingerprint density at radius 1 is 1.02 bits per heavy atom. The predicted molar refractivity (Wildman–Crippen MR) is 196 cm³/mol. The minimum Gasteiger partial charge on any atom is -0.488 e. The number of anilines is 1. The van der Waals surface area contributed by atoms with Gasteiger partial charge in [0.1, 0.15) is 51.0 Å². The van der Waals surface area contributed by atoms with E-state index in [1.54, 1.807) is 45.0 Å². The van der Waals surface area contributed by atoms with E-state index in [2.05, 4.69) is 22.8 Å². The van der Waals surface area contributed by atoms with Crippen LogP contribution in [0, 0.1) is 22.7 Å². The third-order valence-corrected chi connectivity index (χ3v) is 9.60. The van der Waals surface area contributed by atoms with E-state index in [1.807, 2.05) is 36.6 Å². The van der Waals surface area contributed by atoms with Crippen LogP contribution in [0.5, 0.6) is 5.75 Å². The number of halogens is 1. The number of thioether (sulfide) groups is 1. The number of rotatable bonds is 13. The number of carbonyl (C=O) groups excluding carboxylic acids is 1. The molecule has 4 rings (SSSR count). The molecule has 2 aromatic carbocycles. The molecule has 2 aromatic heterocycles. The first kappa shape index (κ1) is 38.0. The van der Waals surface area contributed by atoms with Crippen molar-refractivity contribution in [1.29, 1.82) is 10.5 Å². The second-order valence-electron chi connectivity index (χ2n) is 12.4. The highest BCUT2D eigenvalue weighted by Crippen LogP contribution is 2.39. The highest BCUT2D eigenvalue weighted by Gasteiger charge is 2.43. The summed E-state index contributed by atoms with van der Waals surface area (Å²) in [7, 11) is 0. The number of ether oxygens (including phenoxy) is 2. The Bertz CT molecular complexity index is 1930. The van der Waals surface area contributed by atoms with Crippen molar-refractivity contribution in [1.82, 2.24) is 15.3 Å². The van der Waals surface area contributed by atoms with Gasteiger partial charge in [0.15, 0.2) is 5.54 Å². The van der Waals surface area contributed by atoms with Crippen molar-refractivity contribution >= 4 is 52.6 Å². The highest BCUT2D eigenvalue weighted by molar-refractivity contribution is 7.98. The van der Waals surface area contributed by atoms with Crippen molar-refractivity contribution < 1.29 is 24.2 Å². The fourth-order valence-electron chi connectivity index (χ4n) is 4.65. The molecule has 0 saturated heterocycles. The lowest BCUT2D eigenvalue weighted by molar-refractivity contribution is -0.147. The van der Waals surface area contributed by atoms with Gasteiger partial charge in [-0.25, -0.2) is 19.6 Å². The number of carboxylic acids is 1. The number of carboxylic acid groups (broad SMARTS) is 1. The zero-order valence-corrected chi connectivity index (χ0v) is 30.8. The van der Waals surface area contributed by atoms with Crippen LogP contribution in [0.15, 0.2) is 58.9 Å². The maximum absolute atomic E-state index is 12.5. The molecular formula is C36H37ClN6O5S2. The smallest absolute Gasteiger partial charge is 0.408 e. The molecule has 1 amide bonds. The number of alkyl carbamates (subject to hydrolysis) is 1. The summed E-state index contributed by atoms with van der Waals surface area (Å²) in [4.78, 5) is 34.2. The van der Waals surface area contributed by atoms with Gasteiger partial charge in [0.05, 0.1) is 11.3 Å². The van der Waals surface area contributed by atoms with Gasteiger partial charge < -0.3 is 25.2 Å². The van der Waals surface area contributed by atoms with E-state index in [1.165, 1.54) is 36.9 Å². The number of nitrogens with zero attached hydrogens (tertiary/aromatic N) is 4.